The molecule has 0 atom stereocenters. The van der Waals surface area contributed by atoms with Gasteiger partial charge in [0.05, 0.1) is 30.9 Å². The van der Waals surface area contributed by atoms with E-state index in [9.17, 15) is 22.4 Å². The van der Waals surface area contributed by atoms with Gasteiger partial charge in [0.2, 0.25) is 0 Å². The second kappa shape index (κ2) is 13.9. The average molecular weight is 617 g/mol. The van der Waals surface area contributed by atoms with Gasteiger partial charge in [-0.05, 0) is 67.4 Å². The van der Waals surface area contributed by atoms with E-state index in [0.29, 0.717) is 57.2 Å². The summed E-state index contributed by atoms with van der Waals surface area (Å²) in [5.74, 6) is 0.972. The van der Waals surface area contributed by atoms with E-state index in [1.54, 1.807) is 12.1 Å². The minimum Gasteiger partial charge on any atom is -0.493 e. The Morgan fingerprint density at radius 3 is 2.07 bits per heavy atom. The van der Waals surface area contributed by atoms with E-state index in [0.717, 1.165) is 28.8 Å². The van der Waals surface area contributed by atoms with Crippen molar-refractivity contribution in [2.24, 2.45) is 0 Å². The summed E-state index contributed by atoms with van der Waals surface area (Å²) < 4.78 is 71.0. The Bertz CT molecular complexity index is 1450. The monoisotopic (exact) mass is 616 g/mol. The van der Waals surface area contributed by atoms with Gasteiger partial charge in [0, 0.05) is 38.2 Å². The third-order valence-electron chi connectivity index (χ3n) is 7.49. The number of carbonyl (C=O) groups excluding carboxylic acids is 3. The average Bonchev–Trinajstić information content (AvgIpc) is 3.31. The van der Waals surface area contributed by atoms with Gasteiger partial charge in [0.25, 0.3) is 0 Å². The molecule has 0 aromatic heterocycles. The Kier molecular flexibility index (Phi) is 10.3. The molecule has 2 aliphatic rings. The zero-order valence-corrected chi connectivity index (χ0v) is 24.3. The van der Waals surface area contributed by atoms with Gasteiger partial charge in [-0.2, -0.15) is 22.8 Å². The smallest absolute Gasteiger partial charge is 0.416 e. The number of amides is 1. The van der Waals surface area contributed by atoms with Crippen LogP contribution < -0.4 is 14.4 Å². The number of hydrogen-bond donors (Lipinski definition) is 0. The summed E-state index contributed by atoms with van der Waals surface area (Å²) in [5, 5.41) is 0. The van der Waals surface area contributed by atoms with Gasteiger partial charge < -0.3 is 14.2 Å². The van der Waals surface area contributed by atoms with Crippen molar-refractivity contribution in [2.45, 2.75) is 45.0 Å². The molecule has 2 fully saturated rings. The highest BCUT2D eigenvalue weighted by Crippen LogP contribution is 2.42. The first-order valence-electron chi connectivity index (χ1n) is 14.1. The van der Waals surface area contributed by atoms with Crippen LogP contribution in [0.2, 0.25) is 0 Å². The van der Waals surface area contributed by atoms with Crippen LogP contribution in [0.15, 0.2) is 60.7 Å². The third kappa shape index (κ3) is 7.56. The molecule has 12 heteroatoms. The van der Waals surface area contributed by atoms with Crippen molar-refractivity contribution in [3.05, 3.63) is 77.6 Å². The molecule has 2 saturated heterocycles. The van der Waals surface area contributed by atoms with Gasteiger partial charge in [-0.3, -0.25) is 9.80 Å². The van der Waals surface area contributed by atoms with E-state index in [-0.39, 0.29) is 24.2 Å². The molecular weight excluding hydrogens is 584 g/mol. The number of likely N-dealkylation sites (tertiary alicyclic amines) is 1. The maximum Gasteiger partial charge on any atom is 0.416 e. The molecule has 5 rings (SSSR count). The van der Waals surface area contributed by atoms with Crippen LogP contribution in [0.25, 0.3) is 11.1 Å². The Morgan fingerprint density at radius 2 is 1.52 bits per heavy atom. The fourth-order valence-corrected chi connectivity index (χ4v) is 5.48. The van der Waals surface area contributed by atoms with E-state index >= 15 is 0 Å². The van der Waals surface area contributed by atoms with Gasteiger partial charge >= 0.3 is 18.4 Å². The van der Waals surface area contributed by atoms with Crippen molar-refractivity contribution in [3.63, 3.8) is 0 Å². The van der Waals surface area contributed by atoms with Crippen LogP contribution in [0.4, 0.5) is 28.0 Å². The molecule has 2 aliphatic heterocycles. The molecule has 3 aromatic carbocycles. The Hall–Kier alpha value is -4.41. The Balaban J connectivity index is 0.00000141. The summed E-state index contributed by atoms with van der Waals surface area (Å²) in [6, 6.07) is 14.9. The lowest BCUT2D eigenvalue weighted by atomic mass is 9.91. The zero-order chi connectivity index (χ0) is 31.9. The molecule has 0 aliphatic carbocycles. The van der Waals surface area contributed by atoms with Gasteiger partial charge in [-0.1, -0.05) is 18.2 Å². The van der Waals surface area contributed by atoms with E-state index in [1.165, 1.54) is 29.2 Å². The molecule has 0 saturated carbocycles. The van der Waals surface area contributed by atoms with Crippen LogP contribution in [-0.2, 0) is 27.0 Å². The highest BCUT2D eigenvalue weighted by molar-refractivity contribution is 5.90. The zero-order valence-electron chi connectivity index (χ0n) is 24.3. The lowest BCUT2D eigenvalue weighted by Crippen LogP contribution is -2.46. The molecule has 44 heavy (non-hydrogen) atoms. The molecule has 0 bridgehead atoms. The first-order valence-corrected chi connectivity index (χ1v) is 14.1. The van der Waals surface area contributed by atoms with Crippen molar-refractivity contribution in [2.75, 3.05) is 37.7 Å². The topological polar surface area (TPSA) is 85.4 Å². The number of ether oxygens (including phenoxy) is 3. The van der Waals surface area contributed by atoms with Crippen LogP contribution in [0, 0.1) is 5.82 Å². The Labute approximate surface area is 252 Å². The van der Waals surface area contributed by atoms with Crippen LogP contribution >= 0.6 is 0 Å². The van der Waals surface area contributed by atoms with Crippen molar-refractivity contribution < 1.29 is 46.2 Å². The third-order valence-corrected chi connectivity index (χ3v) is 7.49. The molecule has 3 aromatic rings. The number of benzene rings is 3. The molecule has 0 radical (unpaired) electrons. The predicted octanol–water partition coefficient (Wildman–Crippen LogP) is 6.72. The summed E-state index contributed by atoms with van der Waals surface area (Å²) in [6.07, 6.45) is -3.77. The van der Waals surface area contributed by atoms with Gasteiger partial charge in [-0.15, -0.1) is 0 Å². The SMILES string of the molecule is CCOc1cc(CN2CCC3(CC2)CN(c2cccc(C(F)(F)F)c2)C(=O)O3)cc(OCC)c1-c1ccc(F)cc1.O=C=O. The first-order chi connectivity index (χ1) is 21.0. The molecule has 0 N–H and O–H groups in total. The van der Waals surface area contributed by atoms with E-state index < -0.39 is 23.4 Å². The molecule has 8 nitrogen and oxygen atoms in total. The van der Waals surface area contributed by atoms with Crippen LogP contribution in [0.5, 0.6) is 11.5 Å². The van der Waals surface area contributed by atoms with Crippen molar-refractivity contribution in [1.82, 2.24) is 4.90 Å². The quantitative estimate of drug-likeness (QED) is 0.260. The highest BCUT2D eigenvalue weighted by atomic mass is 19.4. The normalized spacial score (nSPS) is 16.1. The second-order valence-corrected chi connectivity index (χ2v) is 10.4. The van der Waals surface area contributed by atoms with E-state index in [1.807, 2.05) is 26.0 Å². The number of anilines is 1. The molecule has 2 heterocycles. The lowest BCUT2D eigenvalue weighted by molar-refractivity contribution is -0.191. The van der Waals surface area contributed by atoms with Crippen molar-refractivity contribution in [3.8, 4) is 22.6 Å². The van der Waals surface area contributed by atoms with Crippen molar-refractivity contribution in [1.29, 1.82) is 0 Å². The van der Waals surface area contributed by atoms with Gasteiger partial charge in [0.1, 0.15) is 22.9 Å². The number of alkyl halides is 3. The maximum atomic E-state index is 13.6. The number of nitrogens with zero attached hydrogens (tertiary/aromatic N) is 2. The number of carbonyl (C=O) groups is 1. The lowest BCUT2D eigenvalue weighted by Gasteiger charge is -2.37. The molecule has 1 spiro atoms. The van der Waals surface area contributed by atoms with E-state index in [2.05, 4.69) is 4.90 Å². The summed E-state index contributed by atoms with van der Waals surface area (Å²) in [6.45, 7) is 6.77. The molecule has 234 valence electrons. The van der Waals surface area contributed by atoms with E-state index in [4.69, 9.17) is 23.8 Å². The Morgan fingerprint density at radius 1 is 0.932 bits per heavy atom. The summed E-state index contributed by atoms with van der Waals surface area (Å²) in [4.78, 5) is 32.5. The number of rotatable bonds is 8. The molecule has 1 amide bonds. The number of halogens is 4. The largest absolute Gasteiger partial charge is 0.493 e. The minimum absolute atomic E-state index is 0.178. The minimum atomic E-state index is -4.50. The van der Waals surface area contributed by atoms with Gasteiger partial charge in [-0.25, -0.2) is 9.18 Å². The van der Waals surface area contributed by atoms with Crippen LogP contribution in [-0.4, -0.2) is 55.6 Å². The number of piperidine rings is 1. The highest BCUT2D eigenvalue weighted by Gasteiger charge is 2.47. The molecule has 0 unspecified atom stereocenters. The number of hydrogen-bond acceptors (Lipinski definition) is 7. The van der Waals surface area contributed by atoms with Crippen LogP contribution in [0.1, 0.15) is 37.8 Å². The maximum absolute atomic E-state index is 13.6. The van der Waals surface area contributed by atoms with Crippen LogP contribution in [0.3, 0.4) is 0 Å². The second-order valence-electron chi connectivity index (χ2n) is 10.4. The first kappa shape index (κ1) is 32.5. The summed E-state index contributed by atoms with van der Waals surface area (Å²) in [5.41, 5.74) is 1.16. The van der Waals surface area contributed by atoms with Gasteiger partial charge in [0.15, 0.2) is 0 Å². The fraction of sp³-hybridized carbons (Fsp3) is 0.375. The summed E-state index contributed by atoms with van der Waals surface area (Å²) in [7, 11) is 0. The summed E-state index contributed by atoms with van der Waals surface area (Å²) >= 11 is 0. The standard InChI is InChI=1S/C31H32F4N2O4.CO2/c1-3-39-26-16-21(17-27(40-4-2)28(26)22-8-10-24(32)11-9-22)19-36-14-12-30(13-15-36)20-37(29(38)41-30)25-7-5-6-23(18-25)31(33,34)35;2-1-3/h5-11,16-18H,3-4,12-15,19-20H2,1-2H3;. The fourth-order valence-electron chi connectivity index (χ4n) is 5.48. The predicted molar refractivity (Wildman–Crippen MR) is 152 cm³/mol. The van der Waals surface area contributed by atoms with Crippen molar-refractivity contribution >= 4 is 17.9 Å². The molecular formula is C32H32F4N2O6.